The smallest absolute Gasteiger partial charge is 0.243 e. The molecule has 0 aliphatic heterocycles. The second kappa shape index (κ2) is 12.4. The molecule has 6 heteroatoms. The normalized spacial score (nSPS) is 12.8. The molecule has 0 aliphatic rings. The minimum atomic E-state index is -0.541. The number of hydrogen-bond donors (Lipinski definition) is 1. The van der Waals surface area contributed by atoms with E-state index in [-0.39, 0.29) is 29.4 Å². The predicted octanol–water partition coefficient (Wildman–Crippen LogP) is 4.78. The molecule has 0 bridgehead atoms. The molecule has 2 aromatic carbocycles. The Morgan fingerprint density at radius 1 is 1.03 bits per heavy atom. The van der Waals surface area contributed by atoms with Crippen LogP contribution in [0.1, 0.15) is 44.7 Å². The molecule has 0 radical (unpaired) electrons. The minimum absolute atomic E-state index is 0.0515. The number of rotatable bonds is 11. The first-order valence-corrected chi connectivity index (χ1v) is 11.6. The number of nitrogens with zero attached hydrogens (tertiary/aromatic N) is 1. The summed E-state index contributed by atoms with van der Waals surface area (Å²) in [7, 11) is 0. The lowest BCUT2D eigenvalue weighted by molar-refractivity contribution is -0.139. The number of benzene rings is 2. The van der Waals surface area contributed by atoms with Crippen molar-refractivity contribution in [1.29, 1.82) is 0 Å². The van der Waals surface area contributed by atoms with E-state index in [1.165, 1.54) is 17.8 Å². The Kier molecular flexibility index (Phi) is 9.87. The van der Waals surface area contributed by atoms with E-state index in [9.17, 15) is 14.0 Å². The van der Waals surface area contributed by atoms with Gasteiger partial charge in [0.15, 0.2) is 0 Å². The van der Waals surface area contributed by atoms with E-state index in [1.807, 2.05) is 51.1 Å². The van der Waals surface area contributed by atoms with E-state index in [2.05, 4.69) is 5.32 Å². The standard InChI is InChI=1S/C24H31FN2O2S/c1-4-18(3)26-24(29)22(5-2)27(15-19-11-7-6-8-12-19)23(28)17-30-16-20-13-9-10-14-21(20)25/h6-14,18,22H,4-5,15-17H2,1-3H3,(H,26,29)/t18-,22+/m0/s1. The Labute approximate surface area is 183 Å². The third-order valence-electron chi connectivity index (χ3n) is 5.02. The molecule has 0 spiro atoms. The zero-order valence-corrected chi connectivity index (χ0v) is 18.8. The molecule has 0 saturated carbocycles. The van der Waals surface area contributed by atoms with Gasteiger partial charge in [-0.3, -0.25) is 9.59 Å². The van der Waals surface area contributed by atoms with Gasteiger partial charge in [-0.25, -0.2) is 4.39 Å². The van der Waals surface area contributed by atoms with E-state index >= 15 is 0 Å². The van der Waals surface area contributed by atoms with Crippen molar-refractivity contribution in [3.8, 4) is 0 Å². The van der Waals surface area contributed by atoms with Crippen LogP contribution < -0.4 is 5.32 Å². The summed E-state index contributed by atoms with van der Waals surface area (Å²) in [6, 6.07) is 15.8. The average molecular weight is 431 g/mol. The van der Waals surface area contributed by atoms with Crippen LogP contribution >= 0.6 is 11.8 Å². The number of carbonyl (C=O) groups excluding carboxylic acids is 2. The lowest BCUT2D eigenvalue weighted by atomic mass is 10.1. The van der Waals surface area contributed by atoms with E-state index in [0.29, 0.717) is 24.3 Å². The van der Waals surface area contributed by atoms with Gasteiger partial charge in [0.2, 0.25) is 11.8 Å². The maximum atomic E-state index is 13.8. The summed E-state index contributed by atoms with van der Waals surface area (Å²) in [5.41, 5.74) is 1.55. The highest BCUT2D eigenvalue weighted by molar-refractivity contribution is 7.99. The van der Waals surface area contributed by atoms with Crippen LogP contribution in [0.3, 0.4) is 0 Å². The van der Waals surface area contributed by atoms with Crippen molar-refractivity contribution >= 4 is 23.6 Å². The van der Waals surface area contributed by atoms with E-state index in [0.717, 1.165) is 12.0 Å². The van der Waals surface area contributed by atoms with E-state index in [4.69, 9.17) is 0 Å². The second-order valence-corrected chi connectivity index (χ2v) is 8.32. The Morgan fingerprint density at radius 3 is 2.33 bits per heavy atom. The Bertz CT molecular complexity index is 816. The molecule has 2 atom stereocenters. The zero-order chi connectivity index (χ0) is 21.9. The molecule has 162 valence electrons. The van der Waals surface area contributed by atoms with Crippen LogP contribution in [0.15, 0.2) is 54.6 Å². The van der Waals surface area contributed by atoms with Gasteiger partial charge in [-0.15, -0.1) is 11.8 Å². The molecule has 0 saturated heterocycles. The average Bonchev–Trinajstić information content (AvgIpc) is 2.75. The first-order valence-electron chi connectivity index (χ1n) is 10.4. The summed E-state index contributed by atoms with van der Waals surface area (Å²) < 4.78 is 13.8. The monoisotopic (exact) mass is 430 g/mol. The molecule has 1 N–H and O–H groups in total. The number of thioether (sulfide) groups is 1. The Morgan fingerprint density at radius 2 is 1.70 bits per heavy atom. The lowest BCUT2D eigenvalue weighted by Gasteiger charge is -2.31. The summed E-state index contributed by atoms with van der Waals surface area (Å²) in [6.07, 6.45) is 1.35. The number of hydrogen-bond acceptors (Lipinski definition) is 3. The molecule has 2 aromatic rings. The van der Waals surface area contributed by atoms with E-state index in [1.54, 1.807) is 23.1 Å². The van der Waals surface area contributed by atoms with Gasteiger partial charge in [-0.05, 0) is 37.0 Å². The maximum absolute atomic E-state index is 13.8. The zero-order valence-electron chi connectivity index (χ0n) is 17.9. The SMILES string of the molecule is CC[C@H](C(=O)N[C@@H](C)CC)N(Cc1ccccc1)C(=O)CSCc1ccccc1F. The minimum Gasteiger partial charge on any atom is -0.352 e. The summed E-state index contributed by atoms with van der Waals surface area (Å²) in [4.78, 5) is 27.6. The Hall–Kier alpha value is -2.34. The van der Waals surface area contributed by atoms with E-state index < -0.39 is 6.04 Å². The fraction of sp³-hybridized carbons (Fsp3) is 0.417. The largest absolute Gasteiger partial charge is 0.352 e. The van der Waals surface area contributed by atoms with Crippen LogP contribution in [-0.2, 0) is 21.9 Å². The quantitative estimate of drug-likeness (QED) is 0.558. The van der Waals surface area contributed by atoms with Gasteiger partial charge in [-0.2, -0.15) is 0 Å². The topological polar surface area (TPSA) is 49.4 Å². The highest BCUT2D eigenvalue weighted by Gasteiger charge is 2.29. The lowest BCUT2D eigenvalue weighted by Crippen LogP contribution is -2.51. The second-order valence-electron chi connectivity index (χ2n) is 7.33. The van der Waals surface area contributed by atoms with Crippen molar-refractivity contribution in [2.75, 3.05) is 5.75 Å². The van der Waals surface area contributed by atoms with Crippen LogP contribution in [0.25, 0.3) is 0 Å². The van der Waals surface area contributed by atoms with Crippen molar-refractivity contribution < 1.29 is 14.0 Å². The molecule has 0 heterocycles. The summed E-state index contributed by atoms with van der Waals surface area (Å²) >= 11 is 1.36. The van der Waals surface area contributed by atoms with Crippen molar-refractivity contribution in [3.63, 3.8) is 0 Å². The van der Waals surface area contributed by atoms with Crippen LogP contribution in [0.2, 0.25) is 0 Å². The van der Waals surface area contributed by atoms with Crippen LogP contribution in [0.4, 0.5) is 4.39 Å². The van der Waals surface area contributed by atoms with Crippen molar-refractivity contribution in [3.05, 3.63) is 71.5 Å². The number of amides is 2. The van der Waals surface area contributed by atoms with Gasteiger partial charge < -0.3 is 10.2 Å². The fourth-order valence-electron chi connectivity index (χ4n) is 3.09. The first kappa shape index (κ1) is 23.9. The van der Waals surface area contributed by atoms with Gasteiger partial charge in [0.1, 0.15) is 11.9 Å². The third kappa shape index (κ3) is 7.17. The van der Waals surface area contributed by atoms with Gasteiger partial charge in [0.25, 0.3) is 0 Å². The maximum Gasteiger partial charge on any atom is 0.243 e. The third-order valence-corrected chi connectivity index (χ3v) is 5.99. The van der Waals surface area contributed by atoms with Crippen LogP contribution in [-0.4, -0.2) is 34.6 Å². The molecular formula is C24H31FN2O2S. The molecule has 2 amide bonds. The van der Waals surface area contributed by atoms with Crippen LogP contribution in [0, 0.1) is 5.82 Å². The highest BCUT2D eigenvalue weighted by Crippen LogP contribution is 2.19. The van der Waals surface area contributed by atoms with Crippen molar-refractivity contribution in [1.82, 2.24) is 10.2 Å². The summed E-state index contributed by atoms with van der Waals surface area (Å²) in [5.74, 6) is 0.0846. The molecule has 2 rings (SSSR count). The van der Waals surface area contributed by atoms with Gasteiger partial charge in [0, 0.05) is 18.3 Å². The van der Waals surface area contributed by atoms with Crippen molar-refractivity contribution in [2.45, 2.75) is 58.0 Å². The molecule has 0 aromatic heterocycles. The summed E-state index contributed by atoms with van der Waals surface area (Å²) in [6.45, 7) is 6.25. The fourth-order valence-corrected chi connectivity index (χ4v) is 3.98. The first-order chi connectivity index (χ1) is 14.5. The van der Waals surface area contributed by atoms with Gasteiger partial charge in [-0.1, -0.05) is 62.4 Å². The van der Waals surface area contributed by atoms with Gasteiger partial charge >= 0.3 is 0 Å². The number of halogens is 1. The molecular weight excluding hydrogens is 399 g/mol. The molecule has 0 unspecified atom stereocenters. The molecule has 4 nitrogen and oxygen atoms in total. The number of nitrogens with one attached hydrogen (secondary N) is 1. The highest BCUT2D eigenvalue weighted by atomic mass is 32.2. The molecule has 0 fully saturated rings. The van der Waals surface area contributed by atoms with Crippen LogP contribution in [0.5, 0.6) is 0 Å². The summed E-state index contributed by atoms with van der Waals surface area (Å²) in [5, 5.41) is 3.00. The number of carbonyl (C=O) groups is 2. The van der Waals surface area contributed by atoms with Crippen molar-refractivity contribution in [2.24, 2.45) is 0 Å². The molecule has 0 aliphatic carbocycles. The van der Waals surface area contributed by atoms with Gasteiger partial charge in [0.05, 0.1) is 5.75 Å². The Balaban J connectivity index is 2.11. The predicted molar refractivity (Wildman–Crippen MR) is 122 cm³/mol. The molecule has 30 heavy (non-hydrogen) atoms.